The Hall–Kier alpha value is -1.31. The van der Waals surface area contributed by atoms with Gasteiger partial charge in [-0.05, 0) is 35.4 Å². The van der Waals surface area contributed by atoms with Crippen LogP contribution in [0.2, 0.25) is 0 Å². The van der Waals surface area contributed by atoms with Gasteiger partial charge in [0.25, 0.3) is 0 Å². The summed E-state index contributed by atoms with van der Waals surface area (Å²) < 4.78 is 0. The molecule has 1 atom stereocenters. The monoisotopic (exact) mass is 273 g/mol. The SMILES string of the molecule is Cl.c1ccc(CNCC2CCc3ccccc32)cc1. The fourth-order valence-corrected chi connectivity index (χ4v) is 2.84. The van der Waals surface area contributed by atoms with E-state index in [1.165, 1.54) is 18.4 Å². The number of fused-ring (bicyclic) bond motifs is 1. The zero-order chi connectivity index (χ0) is 12.2. The van der Waals surface area contributed by atoms with E-state index in [-0.39, 0.29) is 12.4 Å². The van der Waals surface area contributed by atoms with Crippen LogP contribution in [0.3, 0.4) is 0 Å². The van der Waals surface area contributed by atoms with Crippen LogP contribution in [0.25, 0.3) is 0 Å². The van der Waals surface area contributed by atoms with Crippen molar-refractivity contribution in [2.45, 2.75) is 25.3 Å². The molecule has 1 aliphatic carbocycles. The summed E-state index contributed by atoms with van der Waals surface area (Å²) in [5.41, 5.74) is 4.46. The van der Waals surface area contributed by atoms with Crippen molar-refractivity contribution >= 4 is 12.4 Å². The molecule has 0 radical (unpaired) electrons. The molecule has 2 heteroatoms. The zero-order valence-corrected chi connectivity index (χ0v) is 11.8. The Bertz CT molecular complexity index is 510. The van der Waals surface area contributed by atoms with Crippen LogP contribution >= 0.6 is 12.4 Å². The van der Waals surface area contributed by atoms with Gasteiger partial charge in [0, 0.05) is 13.1 Å². The Morgan fingerprint density at radius 3 is 2.53 bits per heavy atom. The highest BCUT2D eigenvalue weighted by Crippen LogP contribution is 2.32. The van der Waals surface area contributed by atoms with E-state index in [1.807, 2.05) is 0 Å². The van der Waals surface area contributed by atoms with Crippen LogP contribution in [-0.2, 0) is 13.0 Å². The summed E-state index contributed by atoms with van der Waals surface area (Å²) in [4.78, 5) is 0. The van der Waals surface area contributed by atoms with Crippen molar-refractivity contribution in [3.05, 3.63) is 71.3 Å². The first-order valence-corrected chi connectivity index (χ1v) is 6.76. The molecule has 0 aromatic heterocycles. The summed E-state index contributed by atoms with van der Waals surface area (Å²) in [7, 11) is 0. The van der Waals surface area contributed by atoms with Crippen LogP contribution in [0.1, 0.15) is 29.0 Å². The van der Waals surface area contributed by atoms with Gasteiger partial charge in [-0.2, -0.15) is 0 Å². The number of aryl methyl sites for hydroxylation is 1. The third-order valence-corrected chi connectivity index (χ3v) is 3.82. The number of nitrogens with one attached hydrogen (secondary N) is 1. The minimum absolute atomic E-state index is 0. The molecule has 2 aromatic carbocycles. The zero-order valence-electron chi connectivity index (χ0n) is 11.0. The van der Waals surface area contributed by atoms with Crippen molar-refractivity contribution < 1.29 is 0 Å². The molecule has 0 aliphatic heterocycles. The highest BCUT2D eigenvalue weighted by Gasteiger charge is 2.20. The Kier molecular flexibility index (Phi) is 5.00. The van der Waals surface area contributed by atoms with E-state index in [4.69, 9.17) is 0 Å². The largest absolute Gasteiger partial charge is 0.312 e. The summed E-state index contributed by atoms with van der Waals surface area (Å²) in [6.07, 6.45) is 2.54. The lowest BCUT2D eigenvalue weighted by Crippen LogP contribution is -2.19. The van der Waals surface area contributed by atoms with Gasteiger partial charge < -0.3 is 5.32 Å². The van der Waals surface area contributed by atoms with Gasteiger partial charge in [0.2, 0.25) is 0 Å². The van der Waals surface area contributed by atoms with E-state index in [0.29, 0.717) is 5.92 Å². The molecular formula is C17H20ClN. The molecule has 3 rings (SSSR count). The topological polar surface area (TPSA) is 12.0 Å². The Labute approximate surface area is 121 Å². The van der Waals surface area contributed by atoms with Crippen LogP contribution in [0.5, 0.6) is 0 Å². The molecule has 2 aromatic rings. The number of hydrogen-bond donors (Lipinski definition) is 1. The van der Waals surface area contributed by atoms with Gasteiger partial charge in [-0.15, -0.1) is 12.4 Å². The first-order valence-electron chi connectivity index (χ1n) is 6.76. The molecule has 1 aliphatic rings. The van der Waals surface area contributed by atoms with E-state index in [9.17, 15) is 0 Å². The summed E-state index contributed by atoms with van der Waals surface area (Å²) >= 11 is 0. The lowest BCUT2D eigenvalue weighted by Gasteiger charge is -2.12. The normalized spacial score (nSPS) is 16.7. The fraction of sp³-hybridized carbons (Fsp3) is 0.294. The average Bonchev–Trinajstić information content (AvgIpc) is 2.84. The minimum Gasteiger partial charge on any atom is -0.312 e. The van der Waals surface area contributed by atoms with Gasteiger partial charge in [-0.3, -0.25) is 0 Å². The maximum Gasteiger partial charge on any atom is 0.0205 e. The van der Waals surface area contributed by atoms with Gasteiger partial charge in [-0.1, -0.05) is 54.6 Å². The predicted molar refractivity (Wildman–Crippen MR) is 82.9 cm³/mol. The summed E-state index contributed by atoms with van der Waals surface area (Å²) in [6, 6.07) is 19.5. The molecule has 0 amide bonds. The smallest absolute Gasteiger partial charge is 0.0205 e. The fourth-order valence-electron chi connectivity index (χ4n) is 2.84. The minimum atomic E-state index is 0. The number of benzene rings is 2. The molecule has 0 fully saturated rings. The standard InChI is InChI=1S/C17H19N.ClH/c1-2-6-14(7-3-1)12-18-13-16-11-10-15-8-4-5-9-17(15)16;/h1-9,16,18H,10-13H2;1H. The molecule has 0 saturated carbocycles. The van der Waals surface area contributed by atoms with Gasteiger partial charge in [0.15, 0.2) is 0 Å². The van der Waals surface area contributed by atoms with Crippen molar-refractivity contribution in [3.63, 3.8) is 0 Å². The molecule has 1 unspecified atom stereocenters. The maximum absolute atomic E-state index is 3.58. The number of halogens is 1. The molecule has 0 bridgehead atoms. The highest BCUT2D eigenvalue weighted by atomic mass is 35.5. The molecule has 1 nitrogen and oxygen atoms in total. The van der Waals surface area contributed by atoms with Crippen LogP contribution in [0.4, 0.5) is 0 Å². The van der Waals surface area contributed by atoms with Crippen LogP contribution in [0, 0.1) is 0 Å². The van der Waals surface area contributed by atoms with Crippen molar-refractivity contribution in [2.75, 3.05) is 6.54 Å². The van der Waals surface area contributed by atoms with Crippen LogP contribution in [0.15, 0.2) is 54.6 Å². The van der Waals surface area contributed by atoms with Crippen LogP contribution < -0.4 is 5.32 Å². The second kappa shape index (κ2) is 6.74. The maximum atomic E-state index is 3.58. The van der Waals surface area contributed by atoms with Gasteiger partial charge in [-0.25, -0.2) is 0 Å². The Balaban J connectivity index is 0.00000133. The van der Waals surface area contributed by atoms with Gasteiger partial charge in [0.1, 0.15) is 0 Å². The Morgan fingerprint density at radius 2 is 1.68 bits per heavy atom. The van der Waals surface area contributed by atoms with Gasteiger partial charge >= 0.3 is 0 Å². The van der Waals surface area contributed by atoms with E-state index in [0.717, 1.165) is 13.1 Å². The summed E-state index contributed by atoms with van der Waals surface area (Å²) in [5.74, 6) is 0.699. The second-order valence-electron chi connectivity index (χ2n) is 5.05. The van der Waals surface area contributed by atoms with E-state index < -0.39 is 0 Å². The molecule has 0 heterocycles. The van der Waals surface area contributed by atoms with E-state index >= 15 is 0 Å². The third kappa shape index (κ3) is 3.37. The molecule has 0 spiro atoms. The lowest BCUT2D eigenvalue weighted by atomic mass is 10.0. The van der Waals surface area contributed by atoms with Gasteiger partial charge in [0.05, 0.1) is 0 Å². The first-order chi connectivity index (χ1) is 8.93. The quantitative estimate of drug-likeness (QED) is 0.890. The third-order valence-electron chi connectivity index (χ3n) is 3.82. The van der Waals surface area contributed by atoms with Crippen LogP contribution in [-0.4, -0.2) is 6.54 Å². The Morgan fingerprint density at radius 1 is 0.947 bits per heavy atom. The van der Waals surface area contributed by atoms with E-state index in [2.05, 4.69) is 59.9 Å². The highest BCUT2D eigenvalue weighted by molar-refractivity contribution is 5.85. The average molecular weight is 274 g/mol. The first kappa shape index (κ1) is 14.1. The second-order valence-corrected chi connectivity index (χ2v) is 5.05. The van der Waals surface area contributed by atoms with E-state index in [1.54, 1.807) is 11.1 Å². The molecule has 19 heavy (non-hydrogen) atoms. The van der Waals surface area contributed by atoms with Crippen molar-refractivity contribution in [1.29, 1.82) is 0 Å². The lowest BCUT2D eigenvalue weighted by molar-refractivity contribution is 0.579. The summed E-state index contributed by atoms with van der Waals surface area (Å²) in [6.45, 7) is 2.06. The summed E-state index contributed by atoms with van der Waals surface area (Å²) in [5, 5.41) is 3.58. The predicted octanol–water partition coefficient (Wildman–Crippen LogP) is 3.93. The van der Waals surface area contributed by atoms with Crippen molar-refractivity contribution in [2.24, 2.45) is 0 Å². The molecule has 0 saturated heterocycles. The van der Waals surface area contributed by atoms with Crippen molar-refractivity contribution in [1.82, 2.24) is 5.32 Å². The molecule has 100 valence electrons. The number of rotatable bonds is 4. The van der Waals surface area contributed by atoms with Crippen molar-refractivity contribution in [3.8, 4) is 0 Å². The molecule has 1 N–H and O–H groups in total. The number of hydrogen-bond acceptors (Lipinski definition) is 1. The molecular weight excluding hydrogens is 254 g/mol.